The number of carbonyl (C=O) groups is 1. The van der Waals surface area contributed by atoms with Gasteiger partial charge in [-0.25, -0.2) is 13.6 Å². The van der Waals surface area contributed by atoms with Crippen LogP contribution in [0, 0.1) is 11.3 Å². The summed E-state index contributed by atoms with van der Waals surface area (Å²) in [6, 6.07) is 18.0. The van der Waals surface area contributed by atoms with Crippen molar-refractivity contribution in [2.24, 2.45) is 5.14 Å². The molecule has 0 bridgehead atoms. The number of rotatable bonds is 5. The third kappa shape index (κ3) is 5.20. The first-order chi connectivity index (χ1) is 13.8. The highest BCUT2D eigenvalue weighted by Crippen LogP contribution is 2.25. The van der Waals surface area contributed by atoms with Crippen molar-refractivity contribution in [2.75, 3.05) is 5.32 Å². The van der Waals surface area contributed by atoms with Crippen molar-refractivity contribution in [1.82, 2.24) is 0 Å². The Bertz CT molecular complexity index is 1220. The minimum Gasteiger partial charge on any atom is -0.457 e. The van der Waals surface area contributed by atoms with Crippen LogP contribution in [-0.4, -0.2) is 14.3 Å². The van der Waals surface area contributed by atoms with E-state index in [4.69, 9.17) is 9.56 Å². The molecule has 3 rings (SSSR count). The maximum atomic E-state index is 12.4. The van der Waals surface area contributed by atoms with Gasteiger partial charge >= 0.3 is 0 Å². The highest BCUT2D eigenvalue weighted by Gasteiger charge is 2.13. The number of nitriles is 1. The predicted molar refractivity (Wildman–Crippen MR) is 112 cm³/mol. The van der Waals surface area contributed by atoms with Gasteiger partial charge in [0, 0.05) is 21.8 Å². The first-order valence-corrected chi connectivity index (χ1v) is 10.5. The molecule has 9 heteroatoms. The Morgan fingerprint density at radius 3 is 2.31 bits per heavy atom. The largest absolute Gasteiger partial charge is 0.457 e. The summed E-state index contributed by atoms with van der Waals surface area (Å²) in [5.74, 6) is 0.289. The van der Waals surface area contributed by atoms with E-state index in [1.54, 1.807) is 12.1 Å². The number of nitrogens with zero attached hydrogens (tertiary/aromatic N) is 1. The summed E-state index contributed by atoms with van der Waals surface area (Å²) in [5, 5.41) is 16.9. The molecule has 1 amide bonds. The van der Waals surface area contributed by atoms with Gasteiger partial charge in [-0.15, -0.1) is 0 Å². The number of carbonyl (C=O) groups excluding carboxylic acids is 1. The Hall–Kier alpha value is -3.19. The third-order valence-corrected chi connectivity index (χ3v) is 5.31. The number of furan rings is 1. The van der Waals surface area contributed by atoms with Gasteiger partial charge in [-0.2, -0.15) is 5.26 Å². The molecule has 0 saturated carbocycles. The number of nitrogens with two attached hydrogens (primary N) is 1. The van der Waals surface area contributed by atoms with E-state index in [1.165, 1.54) is 30.3 Å². The van der Waals surface area contributed by atoms with Gasteiger partial charge in [0.25, 0.3) is 5.91 Å². The second-order valence-electron chi connectivity index (χ2n) is 5.90. The Morgan fingerprint density at radius 1 is 1.07 bits per heavy atom. The summed E-state index contributed by atoms with van der Waals surface area (Å²) in [7, 11) is -3.82. The smallest absolute Gasteiger partial charge is 0.266 e. The molecule has 2 aromatic carbocycles. The van der Waals surface area contributed by atoms with Crippen LogP contribution in [0.5, 0.6) is 0 Å². The molecule has 3 aromatic rings. The number of anilines is 1. The highest BCUT2D eigenvalue weighted by molar-refractivity contribution is 9.10. The lowest BCUT2D eigenvalue weighted by molar-refractivity contribution is -0.112. The maximum Gasteiger partial charge on any atom is 0.266 e. The molecule has 29 heavy (non-hydrogen) atoms. The molecule has 0 unspecified atom stereocenters. The van der Waals surface area contributed by atoms with Crippen molar-refractivity contribution >= 4 is 43.6 Å². The zero-order valence-corrected chi connectivity index (χ0v) is 17.2. The van der Waals surface area contributed by atoms with E-state index in [0.29, 0.717) is 17.2 Å². The number of halogens is 1. The lowest BCUT2D eigenvalue weighted by atomic mass is 10.2. The van der Waals surface area contributed by atoms with Crippen LogP contribution in [0.25, 0.3) is 17.4 Å². The Labute approximate surface area is 175 Å². The first kappa shape index (κ1) is 20.5. The zero-order chi connectivity index (χ0) is 21.0. The van der Waals surface area contributed by atoms with Crippen molar-refractivity contribution in [1.29, 1.82) is 5.26 Å². The SMILES string of the molecule is N#C/C(=C\c1ccc(-c2ccc(Br)cc2)o1)C(=O)Nc1ccc(S(N)(=O)=O)cc1. The van der Waals surface area contributed by atoms with Crippen LogP contribution in [0.1, 0.15) is 5.76 Å². The molecule has 0 fully saturated rings. The fourth-order valence-corrected chi connectivity index (χ4v) is 3.20. The van der Waals surface area contributed by atoms with Gasteiger partial charge in [-0.1, -0.05) is 28.1 Å². The standard InChI is InChI=1S/C20H14BrN3O4S/c21-15-3-1-13(2-4-15)19-10-7-17(28-19)11-14(12-22)20(25)24-16-5-8-18(9-6-16)29(23,26)27/h1-11H,(H,24,25)(H2,23,26,27)/b14-11+. The molecule has 0 spiro atoms. The number of hydrogen-bond donors (Lipinski definition) is 2. The first-order valence-electron chi connectivity index (χ1n) is 8.18. The summed E-state index contributed by atoms with van der Waals surface area (Å²) < 4.78 is 29.2. The lowest BCUT2D eigenvalue weighted by Gasteiger charge is -2.05. The maximum absolute atomic E-state index is 12.4. The molecule has 0 saturated heterocycles. The molecular weight excluding hydrogens is 458 g/mol. The Morgan fingerprint density at radius 2 is 1.72 bits per heavy atom. The second-order valence-corrected chi connectivity index (χ2v) is 8.38. The normalized spacial score (nSPS) is 11.7. The van der Waals surface area contributed by atoms with Crippen LogP contribution in [0.15, 0.2) is 80.0 Å². The number of amides is 1. The van der Waals surface area contributed by atoms with Crippen molar-refractivity contribution < 1.29 is 17.6 Å². The van der Waals surface area contributed by atoms with Crippen molar-refractivity contribution in [2.45, 2.75) is 4.90 Å². The summed E-state index contributed by atoms with van der Waals surface area (Å²) in [4.78, 5) is 12.3. The zero-order valence-electron chi connectivity index (χ0n) is 14.8. The van der Waals surface area contributed by atoms with E-state index in [-0.39, 0.29) is 10.5 Å². The summed E-state index contributed by atoms with van der Waals surface area (Å²) in [6.45, 7) is 0. The van der Waals surface area contributed by atoms with Gasteiger partial charge in [0.15, 0.2) is 0 Å². The van der Waals surface area contributed by atoms with E-state index in [0.717, 1.165) is 10.0 Å². The average Bonchev–Trinajstić information content (AvgIpc) is 3.15. The van der Waals surface area contributed by atoms with Crippen LogP contribution < -0.4 is 10.5 Å². The van der Waals surface area contributed by atoms with E-state index >= 15 is 0 Å². The number of nitrogens with one attached hydrogen (secondary N) is 1. The lowest BCUT2D eigenvalue weighted by Crippen LogP contribution is -2.14. The predicted octanol–water partition coefficient (Wildman–Crippen LogP) is 3.90. The van der Waals surface area contributed by atoms with Gasteiger partial charge < -0.3 is 9.73 Å². The molecule has 0 aliphatic rings. The third-order valence-electron chi connectivity index (χ3n) is 3.85. The van der Waals surface area contributed by atoms with Crippen LogP contribution >= 0.6 is 15.9 Å². The number of benzene rings is 2. The highest BCUT2D eigenvalue weighted by atomic mass is 79.9. The molecule has 1 aromatic heterocycles. The van der Waals surface area contributed by atoms with Crippen molar-refractivity contribution in [3.63, 3.8) is 0 Å². The van der Waals surface area contributed by atoms with Gasteiger partial charge in [-0.3, -0.25) is 4.79 Å². The average molecular weight is 472 g/mol. The Balaban J connectivity index is 1.77. The topological polar surface area (TPSA) is 126 Å². The van der Waals surface area contributed by atoms with Gasteiger partial charge in [0.1, 0.15) is 23.2 Å². The number of hydrogen-bond acceptors (Lipinski definition) is 5. The minimum atomic E-state index is -3.82. The van der Waals surface area contributed by atoms with Crippen LogP contribution in [0.2, 0.25) is 0 Å². The van der Waals surface area contributed by atoms with Crippen molar-refractivity contribution in [3.05, 3.63) is 76.5 Å². The van der Waals surface area contributed by atoms with Gasteiger partial charge in [0.2, 0.25) is 10.0 Å². The van der Waals surface area contributed by atoms with Gasteiger partial charge in [-0.05, 0) is 48.5 Å². The molecule has 7 nitrogen and oxygen atoms in total. The fraction of sp³-hybridized carbons (Fsp3) is 0. The van der Waals surface area contributed by atoms with Crippen LogP contribution in [0.3, 0.4) is 0 Å². The fourth-order valence-electron chi connectivity index (χ4n) is 2.42. The monoisotopic (exact) mass is 471 g/mol. The quantitative estimate of drug-likeness (QED) is 0.430. The molecule has 0 aliphatic carbocycles. The molecule has 3 N–H and O–H groups in total. The number of primary sulfonamides is 1. The second kappa shape index (κ2) is 8.45. The van der Waals surface area contributed by atoms with E-state index < -0.39 is 15.9 Å². The summed E-state index contributed by atoms with van der Waals surface area (Å²) >= 11 is 3.37. The summed E-state index contributed by atoms with van der Waals surface area (Å²) in [5.41, 5.74) is 1.00. The molecule has 146 valence electrons. The Kier molecular flexibility index (Phi) is 5.98. The van der Waals surface area contributed by atoms with Gasteiger partial charge in [0.05, 0.1) is 4.90 Å². The van der Waals surface area contributed by atoms with Crippen LogP contribution in [-0.2, 0) is 14.8 Å². The molecule has 0 atom stereocenters. The molecule has 0 radical (unpaired) electrons. The van der Waals surface area contributed by atoms with E-state index in [2.05, 4.69) is 21.2 Å². The van der Waals surface area contributed by atoms with E-state index in [9.17, 15) is 18.5 Å². The van der Waals surface area contributed by atoms with Crippen molar-refractivity contribution in [3.8, 4) is 17.4 Å². The summed E-state index contributed by atoms with van der Waals surface area (Å²) in [6.07, 6.45) is 1.33. The van der Waals surface area contributed by atoms with Crippen LogP contribution in [0.4, 0.5) is 5.69 Å². The molecular formula is C20H14BrN3O4S. The molecule has 1 heterocycles. The minimum absolute atomic E-state index is 0.0809. The number of sulfonamides is 1. The molecule has 0 aliphatic heterocycles. The van der Waals surface area contributed by atoms with E-state index in [1.807, 2.05) is 30.3 Å².